The number of ether oxygens (including phenoxy) is 3. The van der Waals surface area contributed by atoms with Crippen LogP contribution in [-0.2, 0) is 9.53 Å². The Labute approximate surface area is 153 Å². The highest BCUT2D eigenvalue weighted by molar-refractivity contribution is 5.95. The van der Waals surface area contributed by atoms with Gasteiger partial charge in [-0.1, -0.05) is 0 Å². The molecule has 2 fully saturated rings. The molecule has 2 aliphatic heterocycles. The largest absolute Gasteiger partial charge is 0.493 e. The predicted octanol–water partition coefficient (Wildman–Crippen LogP) is 1.46. The molecule has 1 unspecified atom stereocenters. The summed E-state index contributed by atoms with van der Waals surface area (Å²) in [5.41, 5.74) is 0.564. The Hall–Kier alpha value is -2.28. The second-order valence-corrected chi connectivity index (χ2v) is 6.71. The summed E-state index contributed by atoms with van der Waals surface area (Å²) in [4.78, 5) is 26.9. The summed E-state index contributed by atoms with van der Waals surface area (Å²) < 4.78 is 15.8. The molecular formula is C19H26N2O5. The summed E-state index contributed by atoms with van der Waals surface area (Å²) in [6.07, 6.45) is 2.24. The van der Waals surface area contributed by atoms with E-state index in [-0.39, 0.29) is 23.8 Å². The van der Waals surface area contributed by atoms with Crippen LogP contribution in [0.4, 0.5) is 0 Å². The van der Waals surface area contributed by atoms with Crippen molar-refractivity contribution in [1.82, 2.24) is 10.2 Å². The van der Waals surface area contributed by atoms with Gasteiger partial charge in [-0.05, 0) is 37.5 Å². The lowest BCUT2D eigenvalue weighted by Crippen LogP contribution is -2.45. The van der Waals surface area contributed by atoms with Gasteiger partial charge in [0, 0.05) is 31.2 Å². The number of carbonyl (C=O) groups excluding carboxylic acids is 2. The summed E-state index contributed by atoms with van der Waals surface area (Å²) in [6, 6.07) is 5.30. The van der Waals surface area contributed by atoms with Crippen molar-refractivity contribution in [1.29, 1.82) is 0 Å². The molecule has 3 rings (SSSR count). The Morgan fingerprint density at radius 2 is 1.85 bits per heavy atom. The lowest BCUT2D eigenvalue weighted by atomic mass is 9.95. The van der Waals surface area contributed by atoms with Crippen LogP contribution in [0.5, 0.6) is 11.5 Å². The monoisotopic (exact) mass is 362 g/mol. The highest BCUT2D eigenvalue weighted by atomic mass is 16.5. The molecule has 1 aromatic carbocycles. The number of methoxy groups -OCH3 is 2. The molecule has 0 radical (unpaired) electrons. The fourth-order valence-corrected chi connectivity index (χ4v) is 3.46. The Kier molecular flexibility index (Phi) is 5.98. The van der Waals surface area contributed by atoms with Crippen molar-refractivity contribution < 1.29 is 23.8 Å². The highest BCUT2D eigenvalue weighted by Crippen LogP contribution is 2.29. The zero-order chi connectivity index (χ0) is 18.5. The van der Waals surface area contributed by atoms with E-state index in [9.17, 15) is 9.59 Å². The average molecular weight is 362 g/mol. The van der Waals surface area contributed by atoms with E-state index in [1.54, 1.807) is 37.3 Å². The number of nitrogens with zero attached hydrogens (tertiary/aromatic N) is 1. The van der Waals surface area contributed by atoms with E-state index < -0.39 is 0 Å². The molecule has 2 amide bonds. The van der Waals surface area contributed by atoms with E-state index in [0.717, 1.165) is 6.42 Å². The predicted molar refractivity (Wildman–Crippen MR) is 95.5 cm³/mol. The van der Waals surface area contributed by atoms with Crippen LogP contribution in [0.2, 0.25) is 0 Å². The summed E-state index contributed by atoms with van der Waals surface area (Å²) >= 11 is 0. The summed E-state index contributed by atoms with van der Waals surface area (Å²) in [5, 5.41) is 3.05. The number of carbonyl (C=O) groups is 2. The first-order chi connectivity index (χ1) is 12.6. The third kappa shape index (κ3) is 4.09. The first kappa shape index (κ1) is 18.5. The zero-order valence-corrected chi connectivity index (χ0v) is 15.3. The van der Waals surface area contributed by atoms with Crippen molar-refractivity contribution in [3.8, 4) is 11.5 Å². The van der Waals surface area contributed by atoms with Crippen molar-refractivity contribution in [3.05, 3.63) is 23.8 Å². The van der Waals surface area contributed by atoms with Crippen molar-refractivity contribution >= 4 is 11.8 Å². The number of likely N-dealkylation sites (tertiary alicyclic amines) is 1. The minimum absolute atomic E-state index is 0.0370. The standard InChI is InChI=1S/C19H26N2O5/c1-24-16-4-3-14(11-17(16)25-2)19(23)21-8-5-13(6-9-21)18(22)20-15-7-10-26-12-15/h3-4,11,13,15H,5-10,12H2,1-2H3,(H,20,22). The van der Waals surface area contributed by atoms with Gasteiger partial charge in [-0.25, -0.2) is 0 Å². The Bertz CT molecular complexity index is 649. The number of benzene rings is 1. The van der Waals surface area contributed by atoms with Crippen molar-refractivity contribution in [2.24, 2.45) is 5.92 Å². The van der Waals surface area contributed by atoms with Crippen LogP contribution in [-0.4, -0.2) is 63.3 Å². The lowest BCUT2D eigenvalue weighted by molar-refractivity contribution is -0.127. The maximum atomic E-state index is 12.7. The second kappa shape index (κ2) is 8.40. The molecule has 7 nitrogen and oxygen atoms in total. The smallest absolute Gasteiger partial charge is 0.253 e. The Balaban J connectivity index is 1.55. The molecule has 142 valence electrons. The zero-order valence-electron chi connectivity index (χ0n) is 15.3. The molecular weight excluding hydrogens is 336 g/mol. The highest BCUT2D eigenvalue weighted by Gasteiger charge is 2.29. The number of nitrogens with one attached hydrogen (secondary N) is 1. The van der Waals surface area contributed by atoms with E-state index in [2.05, 4.69) is 5.32 Å². The van der Waals surface area contributed by atoms with Crippen molar-refractivity contribution in [2.75, 3.05) is 40.5 Å². The van der Waals surface area contributed by atoms with Gasteiger partial charge in [0.25, 0.3) is 5.91 Å². The molecule has 1 N–H and O–H groups in total. The quantitative estimate of drug-likeness (QED) is 0.858. The summed E-state index contributed by atoms with van der Waals surface area (Å²) in [7, 11) is 3.11. The molecule has 0 bridgehead atoms. The number of rotatable bonds is 5. The maximum Gasteiger partial charge on any atom is 0.253 e. The summed E-state index contributed by atoms with van der Waals surface area (Å²) in [6.45, 7) is 2.46. The average Bonchev–Trinajstić information content (AvgIpc) is 3.20. The SMILES string of the molecule is COc1ccc(C(=O)N2CCC(C(=O)NC3CCOC3)CC2)cc1OC. The van der Waals surface area contributed by atoms with E-state index in [0.29, 0.717) is 56.2 Å². The molecule has 2 heterocycles. The Morgan fingerprint density at radius 3 is 2.46 bits per heavy atom. The third-order valence-corrected chi connectivity index (χ3v) is 5.06. The van der Waals surface area contributed by atoms with E-state index in [1.807, 2.05) is 0 Å². The van der Waals surface area contributed by atoms with Gasteiger partial charge in [0.1, 0.15) is 0 Å². The van der Waals surface area contributed by atoms with Gasteiger partial charge >= 0.3 is 0 Å². The minimum atomic E-state index is -0.0472. The van der Waals surface area contributed by atoms with Crippen molar-refractivity contribution in [2.45, 2.75) is 25.3 Å². The van der Waals surface area contributed by atoms with Crippen LogP contribution in [0, 0.1) is 5.92 Å². The van der Waals surface area contributed by atoms with Gasteiger partial charge in [-0.2, -0.15) is 0 Å². The second-order valence-electron chi connectivity index (χ2n) is 6.71. The van der Waals surface area contributed by atoms with Gasteiger partial charge in [-0.3, -0.25) is 9.59 Å². The van der Waals surface area contributed by atoms with Crippen LogP contribution in [0.3, 0.4) is 0 Å². The van der Waals surface area contributed by atoms with Gasteiger partial charge in [0.05, 0.1) is 26.9 Å². The molecule has 0 aromatic heterocycles. The summed E-state index contributed by atoms with van der Waals surface area (Å²) in [5.74, 6) is 1.12. The van der Waals surface area contributed by atoms with Crippen LogP contribution in [0.15, 0.2) is 18.2 Å². The molecule has 0 saturated carbocycles. The fourth-order valence-electron chi connectivity index (χ4n) is 3.46. The number of hydrogen-bond donors (Lipinski definition) is 1. The van der Waals surface area contributed by atoms with Crippen LogP contribution in [0.25, 0.3) is 0 Å². The molecule has 2 saturated heterocycles. The van der Waals surface area contributed by atoms with E-state index in [1.165, 1.54) is 0 Å². The van der Waals surface area contributed by atoms with Gasteiger partial charge in [0.2, 0.25) is 5.91 Å². The van der Waals surface area contributed by atoms with Gasteiger partial charge in [-0.15, -0.1) is 0 Å². The van der Waals surface area contributed by atoms with Crippen LogP contribution >= 0.6 is 0 Å². The van der Waals surface area contributed by atoms with Gasteiger partial charge < -0.3 is 24.4 Å². The molecule has 1 aromatic rings. The first-order valence-electron chi connectivity index (χ1n) is 9.01. The maximum absolute atomic E-state index is 12.7. The molecule has 26 heavy (non-hydrogen) atoms. The fraction of sp³-hybridized carbons (Fsp3) is 0.579. The van der Waals surface area contributed by atoms with Crippen LogP contribution < -0.4 is 14.8 Å². The number of amides is 2. The normalized spacial score (nSPS) is 20.7. The topological polar surface area (TPSA) is 77.1 Å². The molecule has 7 heteroatoms. The lowest BCUT2D eigenvalue weighted by Gasteiger charge is -2.32. The number of piperidine rings is 1. The molecule has 1 atom stereocenters. The van der Waals surface area contributed by atoms with E-state index >= 15 is 0 Å². The first-order valence-corrected chi connectivity index (χ1v) is 9.01. The Morgan fingerprint density at radius 1 is 1.12 bits per heavy atom. The van der Waals surface area contributed by atoms with Crippen LogP contribution in [0.1, 0.15) is 29.6 Å². The third-order valence-electron chi connectivity index (χ3n) is 5.06. The number of hydrogen-bond acceptors (Lipinski definition) is 5. The minimum Gasteiger partial charge on any atom is -0.493 e. The molecule has 0 spiro atoms. The molecule has 2 aliphatic rings. The molecule has 0 aliphatic carbocycles. The van der Waals surface area contributed by atoms with E-state index in [4.69, 9.17) is 14.2 Å². The van der Waals surface area contributed by atoms with Gasteiger partial charge in [0.15, 0.2) is 11.5 Å². The van der Waals surface area contributed by atoms with Crippen molar-refractivity contribution in [3.63, 3.8) is 0 Å².